The van der Waals surface area contributed by atoms with Crippen LogP contribution in [0.25, 0.3) is 0 Å². The molecule has 4 heteroatoms. The second-order valence-corrected chi connectivity index (χ2v) is 5.67. The van der Waals surface area contributed by atoms with Crippen molar-refractivity contribution in [2.45, 2.75) is 39.2 Å². The number of hydrogen-bond acceptors (Lipinski definition) is 4. The topological polar surface area (TPSA) is 38.7 Å². The van der Waals surface area contributed by atoms with Crippen LogP contribution in [0.2, 0.25) is 0 Å². The molecule has 0 aromatic carbocycles. The minimum Gasteiger partial charge on any atom is -0.394 e. The SMILES string of the molecule is CCCNC(C)(CO)CCN1CCN(CC)CC1. The summed E-state index contributed by atoms with van der Waals surface area (Å²) in [6.45, 7) is 14.7. The molecule has 1 unspecified atom stereocenters. The number of piperazine rings is 1. The third-order valence-electron chi connectivity index (χ3n) is 4.04. The van der Waals surface area contributed by atoms with Crippen LogP contribution in [0.5, 0.6) is 0 Å². The molecule has 0 amide bonds. The average molecular weight is 257 g/mol. The van der Waals surface area contributed by atoms with Gasteiger partial charge in [-0.25, -0.2) is 0 Å². The third-order valence-corrected chi connectivity index (χ3v) is 4.04. The fourth-order valence-electron chi connectivity index (χ4n) is 2.38. The molecule has 1 saturated heterocycles. The molecule has 108 valence electrons. The summed E-state index contributed by atoms with van der Waals surface area (Å²) in [6, 6.07) is 0. The van der Waals surface area contributed by atoms with Crippen molar-refractivity contribution in [3.63, 3.8) is 0 Å². The Balaban J connectivity index is 2.26. The van der Waals surface area contributed by atoms with Gasteiger partial charge in [0.05, 0.1) is 6.61 Å². The molecule has 0 saturated carbocycles. The first-order chi connectivity index (χ1) is 8.63. The van der Waals surface area contributed by atoms with Crippen molar-refractivity contribution in [3.8, 4) is 0 Å². The highest BCUT2D eigenvalue weighted by molar-refractivity contribution is 4.84. The quantitative estimate of drug-likeness (QED) is 0.673. The smallest absolute Gasteiger partial charge is 0.0611 e. The first-order valence-corrected chi connectivity index (χ1v) is 7.44. The maximum Gasteiger partial charge on any atom is 0.0611 e. The molecule has 1 fully saturated rings. The van der Waals surface area contributed by atoms with Gasteiger partial charge in [0, 0.05) is 38.3 Å². The monoisotopic (exact) mass is 257 g/mol. The van der Waals surface area contributed by atoms with Crippen LogP contribution in [0.1, 0.15) is 33.6 Å². The minimum atomic E-state index is -0.113. The molecule has 4 nitrogen and oxygen atoms in total. The van der Waals surface area contributed by atoms with Crippen molar-refractivity contribution in [2.75, 3.05) is 52.4 Å². The Morgan fingerprint density at radius 3 is 2.22 bits per heavy atom. The standard InChI is InChI=1S/C14H31N3O/c1-4-7-15-14(3,13-18)6-8-17-11-9-16(5-2)10-12-17/h15,18H,4-13H2,1-3H3. The van der Waals surface area contributed by atoms with Crippen LogP contribution in [-0.2, 0) is 0 Å². The van der Waals surface area contributed by atoms with Gasteiger partial charge in [-0.15, -0.1) is 0 Å². The predicted octanol–water partition coefficient (Wildman–Crippen LogP) is 0.765. The van der Waals surface area contributed by atoms with E-state index in [1.54, 1.807) is 0 Å². The number of nitrogens with zero attached hydrogens (tertiary/aromatic N) is 2. The van der Waals surface area contributed by atoms with Crippen molar-refractivity contribution in [3.05, 3.63) is 0 Å². The molecule has 0 spiro atoms. The molecule has 18 heavy (non-hydrogen) atoms. The third kappa shape index (κ3) is 5.22. The number of rotatable bonds is 8. The lowest BCUT2D eigenvalue weighted by molar-refractivity contribution is 0.109. The van der Waals surface area contributed by atoms with Gasteiger partial charge in [0.15, 0.2) is 0 Å². The van der Waals surface area contributed by atoms with Gasteiger partial charge in [-0.1, -0.05) is 13.8 Å². The number of hydrogen-bond donors (Lipinski definition) is 2. The van der Waals surface area contributed by atoms with E-state index in [1.165, 1.54) is 32.7 Å². The van der Waals surface area contributed by atoms with Gasteiger partial charge in [-0.3, -0.25) is 0 Å². The van der Waals surface area contributed by atoms with Crippen LogP contribution in [-0.4, -0.2) is 72.9 Å². The Labute approximate surface area is 112 Å². The molecule has 1 aliphatic heterocycles. The van der Waals surface area contributed by atoms with Crippen molar-refractivity contribution in [1.82, 2.24) is 15.1 Å². The molecule has 0 aliphatic carbocycles. The Hall–Kier alpha value is -0.160. The highest BCUT2D eigenvalue weighted by atomic mass is 16.3. The van der Waals surface area contributed by atoms with Crippen LogP contribution in [0.3, 0.4) is 0 Å². The summed E-state index contributed by atoms with van der Waals surface area (Å²) in [4.78, 5) is 5.02. The molecule has 1 atom stereocenters. The number of aliphatic hydroxyl groups is 1. The molecule has 0 bridgehead atoms. The van der Waals surface area contributed by atoms with Crippen LogP contribution in [0.15, 0.2) is 0 Å². The minimum absolute atomic E-state index is 0.113. The van der Waals surface area contributed by atoms with E-state index in [2.05, 4.69) is 35.9 Å². The van der Waals surface area contributed by atoms with Gasteiger partial charge in [-0.2, -0.15) is 0 Å². The second-order valence-electron chi connectivity index (χ2n) is 5.67. The normalized spacial score (nSPS) is 22.0. The summed E-state index contributed by atoms with van der Waals surface area (Å²) in [5.41, 5.74) is -0.113. The fraction of sp³-hybridized carbons (Fsp3) is 1.00. The number of nitrogens with one attached hydrogen (secondary N) is 1. The predicted molar refractivity (Wildman–Crippen MR) is 77.0 cm³/mol. The summed E-state index contributed by atoms with van der Waals surface area (Å²) >= 11 is 0. The highest BCUT2D eigenvalue weighted by Gasteiger charge is 2.24. The van der Waals surface area contributed by atoms with E-state index in [9.17, 15) is 5.11 Å². The van der Waals surface area contributed by atoms with E-state index in [0.717, 1.165) is 25.9 Å². The van der Waals surface area contributed by atoms with Gasteiger partial charge in [0.25, 0.3) is 0 Å². The summed E-state index contributed by atoms with van der Waals surface area (Å²) in [5.74, 6) is 0. The van der Waals surface area contributed by atoms with Gasteiger partial charge in [-0.05, 0) is 32.9 Å². The fourth-order valence-corrected chi connectivity index (χ4v) is 2.38. The van der Waals surface area contributed by atoms with E-state index in [0.29, 0.717) is 0 Å². The Morgan fingerprint density at radius 2 is 1.72 bits per heavy atom. The largest absolute Gasteiger partial charge is 0.394 e. The molecule has 0 aromatic heterocycles. The lowest BCUT2D eigenvalue weighted by atomic mass is 9.98. The van der Waals surface area contributed by atoms with Crippen LogP contribution < -0.4 is 5.32 Å². The molecule has 1 heterocycles. The van der Waals surface area contributed by atoms with E-state index in [4.69, 9.17) is 0 Å². The highest BCUT2D eigenvalue weighted by Crippen LogP contribution is 2.11. The Kier molecular flexibility index (Phi) is 7.15. The van der Waals surface area contributed by atoms with Crippen LogP contribution in [0.4, 0.5) is 0 Å². The zero-order chi connectivity index (χ0) is 13.4. The summed E-state index contributed by atoms with van der Waals surface area (Å²) in [6.07, 6.45) is 2.14. The van der Waals surface area contributed by atoms with E-state index in [1.807, 2.05) is 0 Å². The van der Waals surface area contributed by atoms with Crippen molar-refractivity contribution < 1.29 is 5.11 Å². The molecule has 1 rings (SSSR count). The zero-order valence-corrected chi connectivity index (χ0v) is 12.4. The molecule has 0 aromatic rings. The lowest BCUT2D eigenvalue weighted by Gasteiger charge is -2.37. The van der Waals surface area contributed by atoms with E-state index in [-0.39, 0.29) is 12.1 Å². The van der Waals surface area contributed by atoms with Crippen molar-refractivity contribution >= 4 is 0 Å². The Morgan fingerprint density at radius 1 is 1.11 bits per heavy atom. The first kappa shape index (κ1) is 15.9. The molecular formula is C14H31N3O. The van der Waals surface area contributed by atoms with Gasteiger partial charge in [0.2, 0.25) is 0 Å². The maximum absolute atomic E-state index is 9.53. The van der Waals surface area contributed by atoms with Crippen molar-refractivity contribution in [1.29, 1.82) is 0 Å². The summed E-state index contributed by atoms with van der Waals surface area (Å²) in [5, 5.41) is 13.0. The van der Waals surface area contributed by atoms with E-state index < -0.39 is 0 Å². The zero-order valence-electron chi connectivity index (χ0n) is 12.4. The van der Waals surface area contributed by atoms with Gasteiger partial charge < -0.3 is 20.2 Å². The van der Waals surface area contributed by atoms with Gasteiger partial charge in [0.1, 0.15) is 0 Å². The second kappa shape index (κ2) is 8.10. The van der Waals surface area contributed by atoms with E-state index >= 15 is 0 Å². The number of likely N-dealkylation sites (N-methyl/N-ethyl adjacent to an activating group) is 1. The lowest BCUT2D eigenvalue weighted by Crippen LogP contribution is -2.51. The molecular weight excluding hydrogens is 226 g/mol. The maximum atomic E-state index is 9.53. The Bertz CT molecular complexity index is 217. The van der Waals surface area contributed by atoms with Crippen molar-refractivity contribution in [2.24, 2.45) is 0 Å². The molecule has 1 aliphatic rings. The van der Waals surface area contributed by atoms with Gasteiger partial charge >= 0.3 is 0 Å². The number of aliphatic hydroxyl groups excluding tert-OH is 1. The molecule has 2 N–H and O–H groups in total. The summed E-state index contributed by atoms with van der Waals surface area (Å²) in [7, 11) is 0. The van der Waals surface area contributed by atoms with Crippen LogP contribution >= 0.6 is 0 Å². The molecule has 0 radical (unpaired) electrons. The summed E-state index contributed by atoms with van der Waals surface area (Å²) < 4.78 is 0. The first-order valence-electron chi connectivity index (χ1n) is 7.44. The average Bonchev–Trinajstić information content (AvgIpc) is 2.43. The van der Waals surface area contributed by atoms with Crippen LogP contribution in [0, 0.1) is 0 Å².